The zero-order chi connectivity index (χ0) is 18.1. The molecule has 0 radical (unpaired) electrons. The highest BCUT2D eigenvalue weighted by Crippen LogP contribution is 2.35. The predicted molar refractivity (Wildman–Crippen MR) is 97.5 cm³/mol. The summed E-state index contributed by atoms with van der Waals surface area (Å²) < 4.78 is 3.76. The Kier molecular flexibility index (Phi) is 4.94. The van der Waals surface area contributed by atoms with Gasteiger partial charge in [0.2, 0.25) is 5.91 Å². The number of hydrogen-bond acceptors (Lipinski definition) is 4. The standard InChI is InChI=1S/C18H28N6O/c1-12(2)24-16(8-9-19-24)20-17(25)11-23-10-6-7-15(23)18-13(3)21-22(5)14(18)4/h8-9,12,15H,6-7,10-11H2,1-5H3,(H,20,25)/t15-/m0/s1. The van der Waals surface area contributed by atoms with Gasteiger partial charge in [-0.25, -0.2) is 4.68 Å². The van der Waals surface area contributed by atoms with E-state index in [-0.39, 0.29) is 18.0 Å². The van der Waals surface area contributed by atoms with E-state index in [9.17, 15) is 4.79 Å². The number of carbonyl (C=O) groups excluding carboxylic acids is 1. The summed E-state index contributed by atoms with van der Waals surface area (Å²) in [6, 6.07) is 2.33. The number of aromatic nitrogens is 4. The van der Waals surface area contributed by atoms with Crippen LogP contribution in [-0.2, 0) is 11.8 Å². The van der Waals surface area contributed by atoms with Crippen molar-refractivity contribution in [2.24, 2.45) is 7.05 Å². The first-order valence-corrected chi connectivity index (χ1v) is 8.96. The highest BCUT2D eigenvalue weighted by molar-refractivity contribution is 5.91. The topological polar surface area (TPSA) is 68.0 Å². The Morgan fingerprint density at radius 3 is 2.80 bits per heavy atom. The number of amides is 1. The first kappa shape index (κ1) is 17.7. The van der Waals surface area contributed by atoms with Crippen molar-refractivity contribution < 1.29 is 4.79 Å². The van der Waals surface area contributed by atoms with E-state index in [1.54, 1.807) is 6.20 Å². The van der Waals surface area contributed by atoms with E-state index in [0.29, 0.717) is 6.54 Å². The summed E-state index contributed by atoms with van der Waals surface area (Å²) in [5.74, 6) is 0.762. The van der Waals surface area contributed by atoms with E-state index in [1.165, 1.54) is 11.3 Å². The summed E-state index contributed by atoms with van der Waals surface area (Å²) in [5, 5.41) is 11.8. The zero-order valence-corrected chi connectivity index (χ0v) is 15.8. The van der Waals surface area contributed by atoms with Crippen molar-refractivity contribution >= 4 is 11.7 Å². The van der Waals surface area contributed by atoms with Gasteiger partial charge in [0.1, 0.15) is 5.82 Å². The van der Waals surface area contributed by atoms with Gasteiger partial charge in [0.15, 0.2) is 0 Å². The number of nitrogens with zero attached hydrogens (tertiary/aromatic N) is 5. The van der Waals surface area contributed by atoms with Gasteiger partial charge in [-0.2, -0.15) is 10.2 Å². The molecular formula is C18H28N6O. The molecule has 1 aliphatic rings. The van der Waals surface area contributed by atoms with Crippen molar-refractivity contribution in [3.05, 3.63) is 29.2 Å². The fourth-order valence-corrected chi connectivity index (χ4v) is 3.81. The maximum atomic E-state index is 12.6. The Labute approximate surface area is 149 Å². The molecule has 0 saturated carbocycles. The largest absolute Gasteiger partial charge is 0.310 e. The lowest BCUT2D eigenvalue weighted by Gasteiger charge is -2.24. The number of anilines is 1. The third-order valence-corrected chi connectivity index (χ3v) is 5.04. The average Bonchev–Trinajstić information content (AvgIpc) is 3.22. The molecule has 3 heterocycles. The van der Waals surface area contributed by atoms with Gasteiger partial charge < -0.3 is 5.32 Å². The molecule has 136 valence electrons. The van der Waals surface area contributed by atoms with Crippen LogP contribution in [0.15, 0.2) is 12.3 Å². The molecular weight excluding hydrogens is 316 g/mol. The van der Waals surface area contributed by atoms with Crippen molar-refractivity contribution in [3.63, 3.8) is 0 Å². The second kappa shape index (κ2) is 7.00. The average molecular weight is 344 g/mol. The van der Waals surface area contributed by atoms with Gasteiger partial charge in [-0.1, -0.05) is 0 Å². The Morgan fingerprint density at radius 2 is 2.16 bits per heavy atom. The molecule has 1 aliphatic heterocycles. The third-order valence-electron chi connectivity index (χ3n) is 5.04. The van der Waals surface area contributed by atoms with Crippen LogP contribution in [0.3, 0.4) is 0 Å². The van der Waals surface area contributed by atoms with E-state index >= 15 is 0 Å². The normalized spacial score (nSPS) is 18.2. The molecule has 0 unspecified atom stereocenters. The van der Waals surface area contributed by atoms with Crippen LogP contribution in [0.4, 0.5) is 5.82 Å². The van der Waals surface area contributed by atoms with Crippen LogP contribution in [0.2, 0.25) is 0 Å². The molecule has 2 aromatic heterocycles. The van der Waals surface area contributed by atoms with Crippen molar-refractivity contribution in [2.45, 2.75) is 52.6 Å². The SMILES string of the molecule is Cc1nn(C)c(C)c1[C@@H]1CCCN1CC(=O)Nc1ccnn1C(C)C. The van der Waals surface area contributed by atoms with Crippen LogP contribution in [0.5, 0.6) is 0 Å². The number of hydrogen-bond donors (Lipinski definition) is 1. The Morgan fingerprint density at radius 1 is 1.40 bits per heavy atom. The Balaban J connectivity index is 1.71. The first-order chi connectivity index (χ1) is 11.9. The van der Waals surface area contributed by atoms with Crippen LogP contribution in [0.1, 0.15) is 55.7 Å². The number of carbonyl (C=O) groups is 1. The molecule has 1 amide bonds. The predicted octanol–water partition coefficient (Wildman–Crippen LogP) is 2.59. The van der Waals surface area contributed by atoms with Crippen molar-refractivity contribution in [1.29, 1.82) is 0 Å². The van der Waals surface area contributed by atoms with Crippen LogP contribution in [0.25, 0.3) is 0 Å². The number of rotatable bonds is 5. The maximum Gasteiger partial charge on any atom is 0.239 e. The molecule has 0 bridgehead atoms. The van der Waals surface area contributed by atoms with Gasteiger partial charge in [-0.3, -0.25) is 14.4 Å². The third kappa shape index (κ3) is 3.46. The molecule has 1 fully saturated rings. The highest BCUT2D eigenvalue weighted by atomic mass is 16.2. The lowest BCUT2D eigenvalue weighted by molar-refractivity contribution is -0.117. The minimum Gasteiger partial charge on any atom is -0.310 e. The minimum atomic E-state index is 0.00787. The molecule has 0 spiro atoms. The molecule has 0 aliphatic carbocycles. The van der Waals surface area contributed by atoms with Gasteiger partial charge in [0.05, 0.1) is 18.4 Å². The fourth-order valence-electron chi connectivity index (χ4n) is 3.81. The summed E-state index contributed by atoms with van der Waals surface area (Å²) in [7, 11) is 1.98. The fraction of sp³-hybridized carbons (Fsp3) is 0.611. The van der Waals surface area contributed by atoms with E-state index < -0.39 is 0 Å². The molecule has 1 N–H and O–H groups in total. The van der Waals surface area contributed by atoms with Gasteiger partial charge in [0.25, 0.3) is 0 Å². The monoisotopic (exact) mass is 344 g/mol. The molecule has 25 heavy (non-hydrogen) atoms. The van der Waals surface area contributed by atoms with E-state index in [0.717, 1.165) is 30.9 Å². The molecule has 3 rings (SSSR count). The lowest BCUT2D eigenvalue weighted by atomic mass is 10.0. The van der Waals surface area contributed by atoms with Crippen LogP contribution < -0.4 is 5.32 Å². The molecule has 1 atom stereocenters. The highest BCUT2D eigenvalue weighted by Gasteiger charge is 2.31. The van der Waals surface area contributed by atoms with Gasteiger partial charge >= 0.3 is 0 Å². The van der Waals surface area contributed by atoms with Crippen LogP contribution in [0, 0.1) is 13.8 Å². The summed E-state index contributed by atoms with van der Waals surface area (Å²) in [6.45, 7) is 9.59. The lowest BCUT2D eigenvalue weighted by Crippen LogP contribution is -2.33. The quantitative estimate of drug-likeness (QED) is 0.905. The number of aryl methyl sites for hydroxylation is 2. The van der Waals surface area contributed by atoms with Crippen LogP contribution in [-0.4, -0.2) is 43.5 Å². The second-order valence-electron chi connectivity index (χ2n) is 7.14. The molecule has 1 saturated heterocycles. The summed E-state index contributed by atoms with van der Waals surface area (Å²) in [6.07, 6.45) is 3.90. The summed E-state index contributed by atoms with van der Waals surface area (Å²) >= 11 is 0. The molecule has 0 aromatic carbocycles. The molecule has 2 aromatic rings. The Bertz CT molecular complexity index is 760. The second-order valence-corrected chi connectivity index (χ2v) is 7.14. The summed E-state index contributed by atoms with van der Waals surface area (Å²) in [5.41, 5.74) is 3.53. The number of nitrogens with one attached hydrogen (secondary N) is 1. The van der Waals surface area contributed by atoms with Crippen molar-refractivity contribution in [1.82, 2.24) is 24.5 Å². The minimum absolute atomic E-state index is 0.00787. The molecule has 7 nitrogen and oxygen atoms in total. The maximum absolute atomic E-state index is 12.6. The zero-order valence-electron chi connectivity index (χ0n) is 15.8. The smallest absolute Gasteiger partial charge is 0.239 e. The van der Waals surface area contributed by atoms with Gasteiger partial charge in [-0.05, 0) is 47.1 Å². The Hall–Kier alpha value is -2.15. The summed E-state index contributed by atoms with van der Waals surface area (Å²) in [4.78, 5) is 14.8. The van der Waals surface area contributed by atoms with E-state index in [4.69, 9.17) is 0 Å². The number of likely N-dealkylation sites (tertiary alicyclic amines) is 1. The molecule has 7 heteroatoms. The first-order valence-electron chi connectivity index (χ1n) is 8.96. The van der Waals surface area contributed by atoms with Crippen molar-refractivity contribution in [3.8, 4) is 0 Å². The van der Waals surface area contributed by atoms with Crippen LogP contribution >= 0.6 is 0 Å². The van der Waals surface area contributed by atoms with Crippen molar-refractivity contribution in [2.75, 3.05) is 18.4 Å². The van der Waals surface area contributed by atoms with E-state index in [2.05, 4.69) is 34.3 Å². The van der Waals surface area contributed by atoms with E-state index in [1.807, 2.05) is 36.3 Å². The van der Waals surface area contributed by atoms with Gasteiger partial charge in [-0.15, -0.1) is 0 Å². The van der Waals surface area contributed by atoms with Gasteiger partial charge in [0, 0.05) is 36.5 Å².